The van der Waals surface area contributed by atoms with Gasteiger partial charge in [0.05, 0.1) is 5.57 Å². The zero-order valence-electron chi connectivity index (χ0n) is 24.6. The summed E-state index contributed by atoms with van der Waals surface area (Å²) in [4.78, 5) is 40.1. The van der Waals surface area contributed by atoms with Crippen molar-refractivity contribution in [2.45, 2.75) is 112 Å². The second kappa shape index (κ2) is 8.37. The molecule has 4 aliphatic carbocycles. The smallest absolute Gasteiger partial charge is 0.223 e. The maximum atomic E-state index is 14.1. The predicted molar refractivity (Wildman–Crippen MR) is 146 cm³/mol. The molecule has 3 N–H and O–H groups in total. The summed E-state index contributed by atoms with van der Waals surface area (Å²) in [7, 11) is 0. The normalized spacial score (nSPS) is 44.4. The van der Waals surface area contributed by atoms with Gasteiger partial charge in [0.2, 0.25) is 5.91 Å². The van der Waals surface area contributed by atoms with Gasteiger partial charge in [0.1, 0.15) is 11.7 Å². The minimum absolute atomic E-state index is 0.0733. The SMILES string of the molecule is CC1(C)CC[C@](C)(C(N)=O)CC[C@]2(C)[C@@](O)(CC1)C(=O)C=C1[C@@]3(C)C=C(C#N)C(=O)C(C)(C)[C@@H]3CC[C@]12C. The van der Waals surface area contributed by atoms with Crippen LogP contribution in [0.4, 0.5) is 0 Å². The number of carbonyl (C=O) groups is 3. The molecule has 208 valence electrons. The van der Waals surface area contributed by atoms with Gasteiger partial charge in [0.25, 0.3) is 0 Å². The number of primary amides is 1. The maximum Gasteiger partial charge on any atom is 0.223 e. The quantitative estimate of drug-likeness (QED) is 0.465. The first-order valence-corrected chi connectivity index (χ1v) is 14.2. The van der Waals surface area contributed by atoms with Gasteiger partial charge < -0.3 is 10.8 Å². The summed E-state index contributed by atoms with van der Waals surface area (Å²) < 4.78 is 0. The second-order valence-corrected chi connectivity index (χ2v) is 15.1. The van der Waals surface area contributed by atoms with E-state index in [0.717, 1.165) is 18.4 Å². The third kappa shape index (κ3) is 3.64. The van der Waals surface area contributed by atoms with Crippen LogP contribution in [0.3, 0.4) is 0 Å². The van der Waals surface area contributed by atoms with E-state index < -0.39 is 32.7 Å². The fraction of sp³-hybridized carbons (Fsp3) is 0.750. The van der Waals surface area contributed by atoms with Gasteiger partial charge in [-0.15, -0.1) is 0 Å². The van der Waals surface area contributed by atoms with Crippen molar-refractivity contribution in [3.05, 3.63) is 23.3 Å². The molecule has 0 aromatic carbocycles. The van der Waals surface area contributed by atoms with E-state index in [1.54, 1.807) is 12.2 Å². The molecule has 2 saturated carbocycles. The van der Waals surface area contributed by atoms with Gasteiger partial charge in [-0.05, 0) is 79.8 Å². The standard InChI is InChI=1S/C32H46N2O4/c1-26(2)11-13-28(5,25(34)37)14-15-31(8)30(7)10-9-21-27(3,4)24(36)20(19-33)18-29(21,6)22(30)17-23(35)32(31,38)16-12-26/h17-18,21,38H,9-16H2,1-8H3,(H2,34,37)/t21-,28-,29-,30+,31-,32+/m0/s1. The monoisotopic (exact) mass is 522 g/mol. The molecule has 6 heteroatoms. The largest absolute Gasteiger partial charge is 0.381 e. The second-order valence-electron chi connectivity index (χ2n) is 15.1. The van der Waals surface area contributed by atoms with E-state index in [9.17, 15) is 24.8 Å². The van der Waals surface area contributed by atoms with Gasteiger partial charge in [-0.2, -0.15) is 5.26 Å². The van der Waals surface area contributed by atoms with Crippen molar-refractivity contribution >= 4 is 17.5 Å². The summed E-state index contributed by atoms with van der Waals surface area (Å²) >= 11 is 0. The zero-order chi connectivity index (χ0) is 28.7. The van der Waals surface area contributed by atoms with Gasteiger partial charge in [0, 0.05) is 21.7 Å². The number of hydrogen-bond acceptors (Lipinski definition) is 5. The number of carbonyl (C=O) groups excluding carboxylic acids is 3. The lowest BCUT2D eigenvalue weighted by Gasteiger charge is -2.66. The van der Waals surface area contributed by atoms with Crippen LogP contribution in [-0.2, 0) is 14.4 Å². The van der Waals surface area contributed by atoms with Crippen LogP contribution in [-0.4, -0.2) is 28.2 Å². The van der Waals surface area contributed by atoms with Gasteiger partial charge in [0.15, 0.2) is 11.6 Å². The zero-order valence-corrected chi connectivity index (χ0v) is 24.6. The summed E-state index contributed by atoms with van der Waals surface area (Å²) in [6, 6.07) is 2.12. The summed E-state index contributed by atoms with van der Waals surface area (Å²) in [5.41, 5.74) is 1.62. The Morgan fingerprint density at radius 2 is 1.53 bits per heavy atom. The minimum atomic E-state index is -1.59. The van der Waals surface area contributed by atoms with Crippen molar-refractivity contribution in [1.82, 2.24) is 0 Å². The number of nitriles is 1. The van der Waals surface area contributed by atoms with Crippen molar-refractivity contribution < 1.29 is 19.5 Å². The van der Waals surface area contributed by atoms with Gasteiger partial charge in [-0.3, -0.25) is 14.4 Å². The number of aliphatic hydroxyl groups is 1. The summed E-state index contributed by atoms with van der Waals surface area (Å²) in [6.07, 6.45) is 8.31. The number of amides is 1. The van der Waals surface area contributed by atoms with E-state index in [1.165, 1.54) is 0 Å². The Morgan fingerprint density at radius 1 is 0.947 bits per heavy atom. The molecule has 4 aliphatic rings. The Labute approximate surface area is 228 Å². The first kappa shape index (κ1) is 28.7. The molecule has 0 bridgehead atoms. The van der Waals surface area contributed by atoms with Gasteiger partial charge in [-0.1, -0.05) is 61.5 Å². The Kier molecular flexibility index (Phi) is 6.33. The van der Waals surface area contributed by atoms with Gasteiger partial charge in [-0.25, -0.2) is 0 Å². The summed E-state index contributed by atoms with van der Waals surface area (Å²) in [5, 5.41) is 22.3. The van der Waals surface area contributed by atoms with Crippen molar-refractivity contribution in [3.8, 4) is 6.07 Å². The molecule has 6 atom stereocenters. The van der Waals surface area contributed by atoms with E-state index in [0.29, 0.717) is 38.5 Å². The molecule has 0 aromatic rings. The number of ketones is 2. The lowest BCUT2D eigenvalue weighted by atomic mass is 9.37. The third-order valence-corrected chi connectivity index (χ3v) is 12.2. The molecule has 0 unspecified atom stereocenters. The molecule has 0 aliphatic heterocycles. The summed E-state index contributed by atoms with van der Waals surface area (Å²) in [5.74, 6) is -0.854. The highest BCUT2D eigenvalue weighted by atomic mass is 16.3. The Balaban J connectivity index is 1.96. The minimum Gasteiger partial charge on any atom is -0.381 e. The van der Waals surface area contributed by atoms with E-state index in [-0.39, 0.29) is 34.4 Å². The average molecular weight is 523 g/mol. The molecular weight excluding hydrogens is 476 g/mol. The molecule has 1 amide bonds. The molecule has 0 heterocycles. The van der Waals surface area contributed by atoms with Crippen LogP contribution in [0, 0.1) is 49.7 Å². The Bertz CT molecular complexity index is 1200. The molecule has 2 fully saturated rings. The number of Topliss-reactive ketones (excluding diaryl/α,β-unsaturated/α-hetero) is 1. The molecule has 0 radical (unpaired) electrons. The molecule has 0 saturated heterocycles. The van der Waals surface area contributed by atoms with Crippen LogP contribution < -0.4 is 5.73 Å². The molecule has 4 rings (SSSR count). The van der Waals surface area contributed by atoms with E-state index in [1.807, 2.05) is 27.7 Å². The number of nitrogens with two attached hydrogens (primary N) is 1. The number of nitrogens with zero attached hydrogens (tertiary/aromatic N) is 1. The highest BCUT2D eigenvalue weighted by Gasteiger charge is 2.69. The van der Waals surface area contributed by atoms with E-state index in [4.69, 9.17) is 5.73 Å². The highest BCUT2D eigenvalue weighted by molar-refractivity contribution is 6.05. The molecule has 0 aromatic heterocycles. The lowest BCUT2D eigenvalue weighted by molar-refractivity contribution is -0.184. The first-order valence-electron chi connectivity index (χ1n) is 14.2. The fourth-order valence-corrected chi connectivity index (χ4v) is 8.80. The van der Waals surface area contributed by atoms with E-state index >= 15 is 0 Å². The molecule has 6 nitrogen and oxygen atoms in total. The van der Waals surface area contributed by atoms with Gasteiger partial charge >= 0.3 is 0 Å². The van der Waals surface area contributed by atoms with Crippen LogP contribution in [0.1, 0.15) is 107 Å². The van der Waals surface area contributed by atoms with Crippen LogP contribution in [0.15, 0.2) is 23.3 Å². The van der Waals surface area contributed by atoms with Crippen molar-refractivity contribution in [2.24, 2.45) is 44.1 Å². The Hall–Kier alpha value is -2.26. The highest BCUT2D eigenvalue weighted by Crippen LogP contribution is 2.71. The molecule has 0 spiro atoms. The average Bonchev–Trinajstić information content (AvgIpc) is 2.83. The van der Waals surface area contributed by atoms with Crippen molar-refractivity contribution in [3.63, 3.8) is 0 Å². The first-order chi connectivity index (χ1) is 17.2. The van der Waals surface area contributed by atoms with Crippen LogP contribution in [0.25, 0.3) is 0 Å². The predicted octanol–water partition coefficient (Wildman–Crippen LogP) is 5.59. The van der Waals surface area contributed by atoms with Crippen LogP contribution in [0.5, 0.6) is 0 Å². The summed E-state index contributed by atoms with van der Waals surface area (Å²) in [6.45, 7) is 16.3. The van der Waals surface area contributed by atoms with Crippen molar-refractivity contribution in [1.29, 1.82) is 5.26 Å². The van der Waals surface area contributed by atoms with Crippen LogP contribution in [0.2, 0.25) is 0 Å². The molecular formula is C32H46N2O4. The third-order valence-electron chi connectivity index (χ3n) is 12.2. The number of rotatable bonds is 1. The topological polar surface area (TPSA) is 121 Å². The Morgan fingerprint density at radius 3 is 2.11 bits per heavy atom. The van der Waals surface area contributed by atoms with Crippen LogP contribution >= 0.6 is 0 Å². The lowest BCUT2D eigenvalue weighted by Crippen LogP contribution is -2.67. The van der Waals surface area contributed by atoms with E-state index in [2.05, 4.69) is 33.8 Å². The number of allylic oxidation sites excluding steroid dienone is 3. The van der Waals surface area contributed by atoms with Crippen molar-refractivity contribution in [2.75, 3.05) is 0 Å². The number of hydrogen-bond donors (Lipinski definition) is 2. The number of fused-ring (bicyclic) bond motifs is 5. The fourth-order valence-electron chi connectivity index (χ4n) is 8.80. The molecule has 38 heavy (non-hydrogen) atoms. The maximum absolute atomic E-state index is 14.1.